The summed E-state index contributed by atoms with van der Waals surface area (Å²) in [7, 11) is 1.61. The van der Waals surface area contributed by atoms with Crippen LogP contribution in [0.4, 0.5) is 4.79 Å². The molecular formula is C20H25BrN2O4. The van der Waals surface area contributed by atoms with Gasteiger partial charge in [0.1, 0.15) is 28.3 Å². The maximum atomic E-state index is 12.6. The van der Waals surface area contributed by atoms with E-state index in [0.717, 1.165) is 15.9 Å². The van der Waals surface area contributed by atoms with Crippen LogP contribution in [0.15, 0.2) is 47.2 Å². The first-order valence-electron chi connectivity index (χ1n) is 8.62. The van der Waals surface area contributed by atoms with Crippen molar-refractivity contribution in [1.82, 2.24) is 9.88 Å². The molecule has 0 unspecified atom stereocenters. The van der Waals surface area contributed by atoms with Gasteiger partial charge in [0, 0.05) is 12.3 Å². The number of hydrogen-bond donors (Lipinski definition) is 0. The molecule has 0 atom stereocenters. The number of carbonyl (C=O) groups excluding carboxylic acids is 1. The third-order valence-corrected chi connectivity index (χ3v) is 3.95. The lowest BCUT2D eigenvalue weighted by Gasteiger charge is -2.27. The molecule has 0 saturated heterocycles. The van der Waals surface area contributed by atoms with Crippen molar-refractivity contribution in [2.75, 3.05) is 20.3 Å². The summed E-state index contributed by atoms with van der Waals surface area (Å²) in [5.74, 6) is 1.40. The number of rotatable bonds is 7. The number of ether oxygens (including phenoxy) is 3. The molecule has 0 bridgehead atoms. The van der Waals surface area contributed by atoms with Crippen molar-refractivity contribution < 1.29 is 19.0 Å². The van der Waals surface area contributed by atoms with Crippen LogP contribution in [0.3, 0.4) is 0 Å². The van der Waals surface area contributed by atoms with Gasteiger partial charge in [-0.15, -0.1) is 0 Å². The fourth-order valence-corrected chi connectivity index (χ4v) is 2.48. The second-order valence-corrected chi connectivity index (χ2v) is 7.73. The first-order chi connectivity index (χ1) is 12.8. The highest BCUT2D eigenvalue weighted by atomic mass is 79.9. The van der Waals surface area contributed by atoms with Gasteiger partial charge in [-0.05, 0) is 60.5 Å². The van der Waals surface area contributed by atoms with Gasteiger partial charge in [-0.1, -0.05) is 12.1 Å². The lowest BCUT2D eigenvalue weighted by molar-refractivity contribution is 0.0209. The number of hydrogen-bond acceptors (Lipinski definition) is 5. The highest BCUT2D eigenvalue weighted by Gasteiger charge is 2.22. The summed E-state index contributed by atoms with van der Waals surface area (Å²) in [6, 6.07) is 11.1. The van der Waals surface area contributed by atoms with Gasteiger partial charge in [0.2, 0.25) is 0 Å². The fourth-order valence-electron chi connectivity index (χ4n) is 2.25. The standard InChI is InChI=1S/C20H25BrN2O4/c1-20(2,3)27-19(24)23(14-15-8-9-18(21)22-13-15)10-11-26-17-7-5-6-16(12-17)25-4/h5-9,12-13H,10-11,14H2,1-4H3. The lowest BCUT2D eigenvalue weighted by atomic mass is 10.2. The van der Waals surface area contributed by atoms with Crippen LogP contribution in [-0.2, 0) is 11.3 Å². The molecule has 0 spiro atoms. The molecule has 0 saturated carbocycles. The van der Waals surface area contributed by atoms with Crippen molar-refractivity contribution >= 4 is 22.0 Å². The van der Waals surface area contributed by atoms with Gasteiger partial charge in [0.25, 0.3) is 0 Å². The Morgan fingerprint density at radius 2 is 1.93 bits per heavy atom. The van der Waals surface area contributed by atoms with Gasteiger partial charge in [-0.2, -0.15) is 0 Å². The molecule has 0 aliphatic rings. The monoisotopic (exact) mass is 436 g/mol. The topological polar surface area (TPSA) is 60.9 Å². The van der Waals surface area contributed by atoms with Crippen molar-refractivity contribution in [2.45, 2.75) is 32.9 Å². The minimum atomic E-state index is -0.568. The summed E-state index contributed by atoms with van der Waals surface area (Å²) in [5, 5.41) is 0. The van der Waals surface area contributed by atoms with E-state index < -0.39 is 5.60 Å². The molecule has 2 aromatic rings. The average Bonchev–Trinajstić information content (AvgIpc) is 2.61. The fraction of sp³-hybridized carbons (Fsp3) is 0.400. The Morgan fingerprint density at radius 1 is 1.19 bits per heavy atom. The maximum absolute atomic E-state index is 12.6. The molecule has 2 rings (SSSR count). The maximum Gasteiger partial charge on any atom is 0.410 e. The number of nitrogens with zero attached hydrogens (tertiary/aromatic N) is 2. The van der Waals surface area contributed by atoms with E-state index in [0.29, 0.717) is 25.4 Å². The highest BCUT2D eigenvalue weighted by molar-refractivity contribution is 9.10. The molecule has 1 aromatic heterocycles. The van der Waals surface area contributed by atoms with E-state index in [1.807, 2.05) is 51.1 Å². The second-order valence-electron chi connectivity index (χ2n) is 6.92. The third kappa shape index (κ3) is 7.46. The summed E-state index contributed by atoms with van der Waals surface area (Å²) in [5.41, 5.74) is 0.339. The van der Waals surface area contributed by atoms with Crippen LogP contribution in [0, 0.1) is 0 Å². The van der Waals surface area contributed by atoms with Crippen LogP contribution < -0.4 is 9.47 Å². The normalized spacial score (nSPS) is 11.0. The minimum Gasteiger partial charge on any atom is -0.497 e. The largest absolute Gasteiger partial charge is 0.497 e. The molecule has 146 valence electrons. The predicted octanol–water partition coefficient (Wildman–Crippen LogP) is 4.67. The number of benzene rings is 1. The van der Waals surface area contributed by atoms with E-state index in [1.165, 1.54) is 0 Å². The van der Waals surface area contributed by atoms with Crippen LogP contribution in [0.2, 0.25) is 0 Å². The first kappa shape index (κ1) is 21.0. The average molecular weight is 437 g/mol. The second kappa shape index (κ2) is 9.60. The summed E-state index contributed by atoms with van der Waals surface area (Å²) in [6.07, 6.45) is 1.34. The predicted molar refractivity (Wildman–Crippen MR) is 107 cm³/mol. The Hall–Kier alpha value is -2.28. The number of aromatic nitrogens is 1. The van der Waals surface area contributed by atoms with Crippen molar-refractivity contribution in [3.05, 3.63) is 52.8 Å². The molecule has 6 nitrogen and oxygen atoms in total. The van der Waals surface area contributed by atoms with Gasteiger partial charge in [-0.3, -0.25) is 0 Å². The molecule has 1 amide bonds. The first-order valence-corrected chi connectivity index (χ1v) is 9.41. The van der Waals surface area contributed by atoms with Gasteiger partial charge in [0.05, 0.1) is 20.2 Å². The Balaban J connectivity index is 2.01. The zero-order valence-electron chi connectivity index (χ0n) is 16.1. The summed E-state index contributed by atoms with van der Waals surface area (Å²) >= 11 is 3.31. The number of halogens is 1. The van der Waals surface area contributed by atoms with E-state index in [2.05, 4.69) is 20.9 Å². The molecular weight excluding hydrogens is 412 g/mol. The Labute approximate surface area is 168 Å². The molecule has 1 heterocycles. The van der Waals surface area contributed by atoms with Gasteiger partial charge < -0.3 is 19.1 Å². The molecule has 0 N–H and O–H groups in total. The Kier molecular flexibility index (Phi) is 7.47. The number of carbonyl (C=O) groups is 1. The van der Waals surface area contributed by atoms with Crippen molar-refractivity contribution in [2.24, 2.45) is 0 Å². The Morgan fingerprint density at radius 3 is 2.56 bits per heavy atom. The van der Waals surface area contributed by atoms with Crippen molar-refractivity contribution in [3.63, 3.8) is 0 Å². The van der Waals surface area contributed by atoms with E-state index in [-0.39, 0.29) is 6.09 Å². The molecule has 0 fully saturated rings. The van der Waals surface area contributed by atoms with Crippen LogP contribution in [0.5, 0.6) is 11.5 Å². The minimum absolute atomic E-state index is 0.330. The van der Waals surface area contributed by atoms with Crippen LogP contribution >= 0.6 is 15.9 Å². The van der Waals surface area contributed by atoms with Gasteiger partial charge in [0.15, 0.2) is 0 Å². The van der Waals surface area contributed by atoms with Crippen LogP contribution in [-0.4, -0.2) is 41.8 Å². The van der Waals surface area contributed by atoms with E-state index >= 15 is 0 Å². The zero-order chi connectivity index (χ0) is 19.9. The zero-order valence-corrected chi connectivity index (χ0v) is 17.7. The summed E-state index contributed by atoms with van der Waals surface area (Å²) in [6.45, 7) is 6.63. The third-order valence-electron chi connectivity index (χ3n) is 3.48. The summed E-state index contributed by atoms with van der Waals surface area (Å²) in [4.78, 5) is 18.4. The quantitative estimate of drug-likeness (QED) is 0.590. The number of pyridine rings is 1. The molecule has 27 heavy (non-hydrogen) atoms. The molecule has 7 heteroatoms. The van der Waals surface area contributed by atoms with E-state index in [1.54, 1.807) is 24.3 Å². The molecule has 1 aromatic carbocycles. The molecule has 0 aliphatic heterocycles. The van der Waals surface area contributed by atoms with Gasteiger partial charge >= 0.3 is 6.09 Å². The SMILES string of the molecule is COc1cccc(OCCN(Cc2ccc(Br)nc2)C(=O)OC(C)(C)C)c1. The molecule has 0 aliphatic carbocycles. The van der Waals surface area contributed by atoms with Crippen LogP contribution in [0.1, 0.15) is 26.3 Å². The van der Waals surface area contributed by atoms with E-state index in [9.17, 15) is 4.79 Å². The summed E-state index contributed by atoms with van der Waals surface area (Å²) < 4.78 is 17.2. The highest BCUT2D eigenvalue weighted by Crippen LogP contribution is 2.19. The lowest BCUT2D eigenvalue weighted by Crippen LogP contribution is -2.38. The van der Waals surface area contributed by atoms with Crippen molar-refractivity contribution in [3.8, 4) is 11.5 Å². The van der Waals surface area contributed by atoms with Gasteiger partial charge in [-0.25, -0.2) is 9.78 Å². The Bertz CT molecular complexity index is 744. The number of methoxy groups -OCH3 is 1. The van der Waals surface area contributed by atoms with Crippen LogP contribution in [0.25, 0.3) is 0 Å². The number of amides is 1. The van der Waals surface area contributed by atoms with Crippen molar-refractivity contribution in [1.29, 1.82) is 0 Å². The van der Waals surface area contributed by atoms with E-state index in [4.69, 9.17) is 14.2 Å². The smallest absolute Gasteiger partial charge is 0.410 e. The molecule has 0 radical (unpaired) electrons.